The molecule has 1 heterocycles. The predicted molar refractivity (Wildman–Crippen MR) is 67.8 cm³/mol. The minimum atomic E-state index is -0.0643. The van der Waals surface area contributed by atoms with Crippen LogP contribution < -0.4 is 5.32 Å². The van der Waals surface area contributed by atoms with E-state index in [0.29, 0.717) is 26.2 Å². The summed E-state index contributed by atoms with van der Waals surface area (Å²) in [6.07, 6.45) is 0.671. The van der Waals surface area contributed by atoms with E-state index in [1.165, 1.54) is 6.92 Å². The summed E-state index contributed by atoms with van der Waals surface area (Å²) in [5, 5.41) is 2.89. The average Bonchev–Trinajstić information content (AvgIpc) is 2.40. The summed E-state index contributed by atoms with van der Waals surface area (Å²) in [4.78, 5) is 11.3. The molecule has 0 aromatic heterocycles. The molecule has 1 saturated heterocycles. The molecule has 1 aromatic rings. The van der Waals surface area contributed by atoms with Crippen molar-refractivity contribution in [3.8, 4) is 0 Å². The van der Waals surface area contributed by atoms with Crippen LogP contribution in [0.25, 0.3) is 0 Å². The van der Waals surface area contributed by atoms with Crippen LogP contribution in [0, 0.1) is 6.04 Å². The van der Waals surface area contributed by atoms with Gasteiger partial charge in [0.2, 0.25) is 5.91 Å². The Morgan fingerprint density at radius 2 is 2.11 bits per heavy atom. The third kappa shape index (κ3) is 3.82. The summed E-state index contributed by atoms with van der Waals surface area (Å²) >= 11 is 0. The Balaban J connectivity index is 2.02. The van der Waals surface area contributed by atoms with Crippen molar-refractivity contribution in [3.05, 3.63) is 41.9 Å². The molecule has 1 amide bonds. The van der Waals surface area contributed by atoms with Crippen LogP contribution in [-0.4, -0.2) is 31.8 Å². The molecule has 0 bridgehead atoms. The van der Waals surface area contributed by atoms with Gasteiger partial charge in [0.15, 0.2) is 0 Å². The van der Waals surface area contributed by atoms with Gasteiger partial charge in [0, 0.05) is 13.3 Å². The average molecular weight is 248 g/mol. The van der Waals surface area contributed by atoms with Crippen LogP contribution in [-0.2, 0) is 14.3 Å². The summed E-state index contributed by atoms with van der Waals surface area (Å²) < 4.78 is 11.0. The molecule has 2 rings (SSSR count). The van der Waals surface area contributed by atoms with Crippen LogP contribution in [0.5, 0.6) is 0 Å². The molecule has 1 fully saturated rings. The second kappa shape index (κ2) is 6.52. The lowest BCUT2D eigenvalue weighted by molar-refractivity contribution is -0.119. The SMILES string of the molecule is CC(=O)N[C](C[C@H]1COCCO1)c1ccccc1. The van der Waals surface area contributed by atoms with Crippen molar-refractivity contribution in [1.82, 2.24) is 5.32 Å². The molecule has 1 aromatic carbocycles. The number of hydrogen-bond acceptors (Lipinski definition) is 3. The number of carbonyl (C=O) groups is 1. The van der Waals surface area contributed by atoms with E-state index in [1.54, 1.807) is 0 Å². The van der Waals surface area contributed by atoms with Crippen molar-refractivity contribution < 1.29 is 14.3 Å². The zero-order valence-electron chi connectivity index (χ0n) is 10.5. The Labute approximate surface area is 107 Å². The first-order valence-corrected chi connectivity index (χ1v) is 6.14. The quantitative estimate of drug-likeness (QED) is 0.878. The molecule has 0 spiro atoms. The molecule has 97 valence electrons. The molecule has 0 saturated carbocycles. The number of ether oxygens (including phenoxy) is 2. The van der Waals surface area contributed by atoms with Gasteiger partial charge in [0.25, 0.3) is 0 Å². The van der Waals surface area contributed by atoms with Crippen LogP contribution in [0.1, 0.15) is 18.9 Å². The highest BCUT2D eigenvalue weighted by atomic mass is 16.6. The van der Waals surface area contributed by atoms with E-state index in [0.717, 1.165) is 11.6 Å². The largest absolute Gasteiger partial charge is 0.376 e. The van der Waals surface area contributed by atoms with Gasteiger partial charge in [-0.1, -0.05) is 30.3 Å². The van der Waals surface area contributed by atoms with E-state index in [1.807, 2.05) is 30.3 Å². The molecule has 0 unspecified atom stereocenters. The monoisotopic (exact) mass is 248 g/mol. The highest BCUT2D eigenvalue weighted by Crippen LogP contribution is 2.20. The maximum atomic E-state index is 11.3. The Morgan fingerprint density at radius 1 is 1.33 bits per heavy atom. The van der Waals surface area contributed by atoms with Crippen LogP contribution in [0.4, 0.5) is 0 Å². The first kappa shape index (κ1) is 13.1. The molecule has 1 aliphatic heterocycles. The Bertz CT molecular complexity index is 374. The molecule has 0 aliphatic carbocycles. The summed E-state index contributed by atoms with van der Waals surface area (Å²) in [7, 11) is 0. The fourth-order valence-electron chi connectivity index (χ4n) is 1.97. The second-order valence-electron chi connectivity index (χ2n) is 4.30. The summed E-state index contributed by atoms with van der Waals surface area (Å²) in [5.41, 5.74) is 1.02. The molecular formula is C14H18NO3. The number of hydrogen-bond donors (Lipinski definition) is 1. The Morgan fingerprint density at radius 3 is 2.72 bits per heavy atom. The molecule has 1 radical (unpaired) electrons. The fraction of sp³-hybridized carbons (Fsp3) is 0.429. The van der Waals surface area contributed by atoms with E-state index in [9.17, 15) is 4.79 Å². The van der Waals surface area contributed by atoms with Crippen molar-refractivity contribution in [2.24, 2.45) is 0 Å². The van der Waals surface area contributed by atoms with Gasteiger partial charge >= 0.3 is 0 Å². The van der Waals surface area contributed by atoms with E-state index >= 15 is 0 Å². The van der Waals surface area contributed by atoms with Crippen molar-refractivity contribution in [2.75, 3.05) is 19.8 Å². The molecular weight excluding hydrogens is 230 g/mol. The first-order chi connectivity index (χ1) is 8.75. The van der Waals surface area contributed by atoms with Gasteiger partial charge in [-0.3, -0.25) is 4.79 Å². The lowest BCUT2D eigenvalue weighted by Gasteiger charge is -2.27. The standard InChI is InChI=1S/C14H18NO3/c1-11(16)15-14(12-5-3-2-4-6-12)9-13-10-17-7-8-18-13/h2-6,13H,7-10H2,1H3,(H,15,16)/t13-/m0/s1. The fourth-order valence-corrected chi connectivity index (χ4v) is 1.97. The summed E-state index contributed by atoms with van der Waals surface area (Å²) in [5.74, 6) is -0.0643. The van der Waals surface area contributed by atoms with Crippen LogP contribution >= 0.6 is 0 Å². The molecule has 1 atom stereocenters. The Hall–Kier alpha value is -1.39. The van der Waals surface area contributed by atoms with Crippen molar-refractivity contribution >= 4 is 5.91 Å². The third-order valence-electron chi connectivity index (χ3n) is 2.77. The lowest BCUT2D eigenvalue weighted by atomic mass is 10.0. The number of nitrogens with one attached hydrogen (secondary N) is 1. The van der Waals surface area contributed by atoms with E-state index in [2.05, 4.69) is 5.32 Å². The van der Waals surface area contributed by atoms with E-state index in [-0.39, 0.29) is 12.0 Å². The first-order valence-electron chi connectivity index (χ1n) is 6.14. The lowest BCUT2D eigenvalue weighted by Crippen LogP contribution is -2.35. The van der Waals surface area contributed by atoms with Gasteiger partial charge in [0.05, 0.1) is 32.0 Å². The Kier molecular flexibility index (Phi) is 4.73. The normalized spacial score (nSPS) is 19.8. The zero-order valence-corrected chi connectivity index (χ0v) is 10.5. The molecule has 4 nitrogen and oxygen atoms in total. The molecule has 1 N–H and O–H groups in total. The molecule has 1 aliphatic rings. The number of benzene rings is 1. The highest BCUT2D eigenvalue weighted by Gasteiger charge is 2.22. The van der Waals surface area contributed by atoms with Gasteiger partial charge in [0.1, 0.15) is 0 Å². The molecule has 4 heteroatoms. The van der Waals surface area contributed by atoms with Crippen LogP contribution in [0.3, 0.4) is 0 Å². The number of amides is 1. The molecule has 18 heavy (non-hydrogen) atoms. The predicted octanol–water partition coefficient (Wildman–Crippen LogP) is 1.51. The maximum absolute atomic E-state index is 11.3. The summed E-state index contributed by atoms with van der Waals surface area (Å²) in [6.45, 7) is 3.36. The van der Waals surface area contributed by atoms with Crippen molar-refractivity contribution in [2.45, 2.75) is 19.4 Å². The number of rotatable bonds is 4. The maximum Gasteiger partial charge on any atom is 0.217 e. The van der Waals surface area contributed by atoms with Gasteiger partial charge in [-0.25, -0.2) is 0 Å². The van der Waals surface area contributed by atoms with Gasteiger partial charge in [-0.2, -0.15) is 0 Å². The summed E-state index contributed by atoms with van der Waals surface area (Å²) in [6, 6.07) is 10.7. The van der Waals surface area contributed by atoms with Crippen LogP contribution in [0.15, 0.2) is 30.3 Å². The van der Waals surface area contributed by atoms with Crippen LogP contribution in [0.2, 0.25) is 0 Å². The van der Waals surface area contributed by atoms with E-state index < -0.39 is 0 Å². The van der Waals surface area contributed by atoms with Crippen molar-refractivity contribution in [3.63, 3.8) is 0 Å². The highest BCUT2D eigenvalue weighted by molar-refractivity contribution is 5.75. The van der Waals surface area contributed by atoms with Gasteiger partial charge in [-0.15, -0.1) is 0 Å². The second-order valence-corrected chi connectivity index (χ2v) is 4.30. The minimum absolute atomic E-state index is 0.0146. The van der Waals surface area contributed by atoms with Gasteiger partial charge in [-0.05, 0) is 5.56 Å². The van der Waals surface area contributed by atoms with Crippen molar-refractivity contribution in [1.29, 1.82) is 0 Å². The van der Waals surface area contributed by atoms with E-state index in [4.69, 9.17) is 9.47 Å². The topological polar surface area (TPSA) is 47.6 Å². The minimum Gasteiger partial charge on any atom is -0.376 e. The smallest absolute Gasteiger partial charge is 0.217 e. The zero-order chi connectivity index (χ0) is 12.8. The number of carbonyl (C=O) groups excluding carboxylic acids is 1. The third-order valence-corrected chi connectivity index (χ3v) is 2.77. The van der Waals surface area contributed by atoms with Gasteiger partial charge < -0.3 is 14.8 Å².